The van der Waals surface area contributed by atoms with E-state index in [2.05, 4.69) is 15.0 Å². The number of nitrogens with one attached hydrogen (secondary N) is 1. The highest BCUT2D eigenvalue weighted by molar-refractivity contribution is 5.76. The highest BCUT2D eigenvalue weighted by atomic mass is 19.4. The molecule has 0 aromatic heterocycles. The lowest BCUT2D eigenvalue weighted by Crippen LogP contribution is -2.46. The van der Waals surface area contributed by atoms with Crippen molar-refractivity contribution in [3.05, 3.63) is 65.7 Å². The van der Waals surface area contributed by atoms with E-state index in [4.69, 9.17) is 14.6 Å². The second-order valence-electron chi connectivity index (χ2n) is 9.90. The Balaban J connectivity index is 0.000000821. The molecule has 240 valence electrons. The third-order valence-electron chi connectivity index (χ3n) is 6.30. The van der Waals surface area contributed by atoms with Crippen LogP contribution in [0.15, 0.2) is 54.6 Å². The van der Waals surface area contributed by atoms with Gasteiger partial charge >= 0.3 is 18.3 Å². The maximum Gasteiger partial charge on any atom is 0.490 e. The minimum Gasteiger partial charge on any atom is -0.489 e. The fourth-order valence-corrected chi connectivity index (χ4v) is 4.16. The van der Waals surface area contributed by atoms with E-state index >= 15 is 0 Å². The maximum atomic E-state index is 12.5. The van der Waals surface area contributed by atoms with Crippen molar-refractivity contribution in [2.24, 2.45) is 0 Å². The lowest BCUT2D eigenvalue weighted by molar-refractivity contribution is -0.192. The van der Waals surface area contributed by atoms with Crippen LogP contribution in [0.25, 0.3) is 0 Å². The predicted molar refractivity (Wildman–Crippen MR) is 144 cm³/mol. The zero-order valence-corrected chi connectivity index (χ0v) is 23.4. The summed E-state index contributed by atoms with van der Waals surface area (Å²) in [6, 6.07) is 16.5. The van der Waals surface area contributed by atoms with Crippen molar-refractivity contribution in [3.63, 3.8) is 0 Å². The number of aliphatic hydroxyl groups excluding tert-OH is 1. The molecule has 1 saturated heterocycles. The molecule has 3 N–H and O–H groups in total. The molecular formula is C29H36F6N2O6. The number of amides is 1. The molecule has 1 aliphatic rings. The van der Waals surface area contributed by atoms with Crippen LogP contribution < -0.4 is 10.1 Å². The van der Waals surface area contributed by atoms with Gasteiger partial charge in [0, 0.05) is 19.6 Å². The Bertz CT molecular complexity index is 1090. The molecule has 3 rings (SSSR count). The van der Waals surface area contributed by atoms with Crippen LogP contribution >= 0.6 is 0 Å². The van der Waals surface area contributed by atoms with Crippen LogP contribution in [0.4, 0.5) is 26.3 Å². The number of carboxylic acid groups (broad SMARTS) is 1. The first-order chi connectivity index (χ1) is 20.2. The number of carboxylic acids is 1. The summed E-state index contributed by atoms with van der Waals surface area (Å²) >= 11 is 0. The number of aliphatic hydroxyl groups is 1. The highest BCUT2D eigenvalue weighted by Crippen LogP contribution is 2.23. The van der Waals surface area contributed by atoms with Crippen molar-refractivity contribution in [2.45, 2.75) is 63.2 Å². The molecule has 43 heavy (non-hydrogen) atoms. The van der Waals surface area contributed by atoms with Crippen molar-refractivity contribution in [2.75, 3.05) is 32.8 Å². The Labute approximate surface area is 245 Å². The average molecular weight is 623 g/mol. The van der Waals surface area contributed by atoms with Gasteiger partial charge in [-0.15, -0.1) is 0 Å². The second kappa shape index (κ2) is 17.7. The molecule has 0 spiro atoms. The molecule has 0 unspecified atom stereocenters. The minimum absolute atomic E-state index is 0.0503. The molecule has 2 aromatic rings. The number of hydrogen-bond donors (Lipinski definition) is 3. The van der Waals surface area contributed by atoms with E-state index in [1.807, 2.05) is 30.3 Å². The Kier molecular flexibility index (Phi) is 14.7. The van der Waals surface area contributed by atoms with Crippen LogP contribution in [0.3, 0.4) is 0 Å². The Morgan fingerprint density at radius 1 is 0.930 bits per heavy atom. The van der Waals surface area contributed by atoms with Gasteiger partial charge in [-0.2, -0.15) is 26.3 Å². The first kappa shape index (κ1) is 35.8. The van der Waals surface area contributed by atoms with E-state index in [1.54, 1.807) is 24.3 Å². The number of rotatable bonds is 14. The lowest BCUT2D eigenvalue weighted by atomic mass is 10.0. The molecule has 1 aliphatic heterocycles. The third-order valence-corrected chi connectivity index (χ3v) is 6.30. The summed E-state index contributed by atoms with van der Waals surface area (Å²) in [4.78, 5) is 23.7. The normalized spacial score (nSPS) is 15.2. The molecule has 14 heteroatoms. The van der Waals surface area contributed by atoms with E-state index in [-0.39, 0.29) is 18.9 Å². The lowest BCUT2D eigenvalue weighted by Gasteiger charge is -2.29. The number of unbranched alkanes of at least 4 members (excludes halogenated alkanes) is 1. The Morgan fingerprint density at radius 2 is 1.53 bits per heavy atom. The molecular weight excluding hydrogens is 586 g/mol. The van der Waals surface area contributed by atoms with E-state index in [9.17, 15) is 36.2 Å². The molecule has 2 atom stereocenters. The number of ether oxygens (including phenoxy) is 2. The molecule has 1 amide bonds. The first-order valence-corrected chi connectivity index (χ1v) is 13.7. The monoisotopic (exact) mass is 622 g/mol. The summed E-state index contributed by atoms with van der Waals surface area (Å²) in [6.07, 6.45) is -7.25. The second-order valence-corrected chi connectivity index (χ2v) is 9.90. The van der Waals surface area contributed by atoms with E-state index in [0.29, 0.717) is 37.3 Å². The van der Waals surface area contributed by atoms with Gasteiger partial charge in [0.15, 0.2) is 0 Å². The average Bonchev–Trinajstić information content (AvgIpc) is 3.46. The highest BCUT2D eigenvalue weighted by Gasteiger charge is 2.38. The van der Waals surface area contributed by atoms with Gasteiger partial charge in [0.05, 0.1) is 6.04 Å². The zero-order valence-electron chi connectivity index (χ0n) is 23.4. The SMILES string of the molecule is O=C(CCCCOCC(F)(F)F)N[C@H](CN1CCCC1)[C@H](O)c1ccc(OCc2ccccc2)cc1.O=C(O)C(F)(F)F. The topological polar surface area (TPSA) is 108 Å². The zero-order chi connectivity index (χ0) is 31.9. The number of halogens is 6. The largest absolute Gasteiger partial charge is 0.490 e. The van der Waals surface area contributed by atoms with Gasteiger partial charge in [-0.25, -0.2) is 4.79 Å². The van der Waals surface area contributed by atoms with Gasteiger partial charge < -0.3 is 29.9 Å². The maximum absolute atomic E-state index is 12.5. The number of hydrogen-bond acceptors (Lipinski definition) is 6. The van der Waals surface area contributed by atoms with Crippen LogP contribution in [0.5, 0.6) is 5.75 Å². The standard InChI is InChI=1S/C27H35F3N2O4.C2HF3O2/c28-27(29,30)20-35-17-7-4-10-25(33)31-24(18-32-15-5-6-16-32)26(34)22-11-13-23(14-12-22)36-19-21-8-2-1-3-9-21;3-2(4,5)1(6)7/h1-3,8-9,11-14,24,26,34H,4-7,10,15-20H2,(H,31,33);(H,6,7)/t24-,26-;/m1./s1. The molecule has 0 radical (unpaired) electrons. The molecule has 8 nitrogen and oxygen atoms in total. The summed E-state index contributed by atoms with van der Waals surface area (Å²) < 4.78 is 78.5. The molecule has 0 aliphatic carbocycles. The Morgan fingerprint density at radius 3 is 2.09 bits per heavy atom. The number of alkyl halides is 6. The van der Waals surface area contributed by atoms with Crippen molar-refractivity contribution in [3.8, 4) is 5.75 Å². The number of carbonyl (C=O) groups is 2. The van der Waals surface area contributed by atoms with Crippen molar-refractivity contribution in [1.29, 1.82) is 0 Å². The first-order valence-electron chi connectivity index (χ1n) is 13.7. The summed E-state index contributed by atoms with van der Waals surface area (Å²) in [7, 11) is 0. The van der Waals surface area contributed by atoms with Crippen LogP contribution in [0.2, 0.25) is 0 Å². The van der Waals surface area contributed by atoms with Gasteiger partial charge in [-0.05, 0) is 62.0 Å². The van der Waals surface area contributed by atoms with Crippen LogP contribution in [-0.4, -0.2) is 78.2 Å². The smallest absolute Gasteiger partial charge is 0.489 e. The number of likely N-dealkylation sites (tertiary alicyclic amines) is 1. The number of aliphatic carboxylic acids is 1. The quantitative estimate of drug-likeness (QED) is 0.195. The van der Waals surface area contributed by atoms with E-state index in [1.165, 1.54) is 0 Å². The fourth-order valence-electron chi connectivity index (χ4n) is 4.16. The van der Waals surface area contributed by atoms with Gasteiger partial charge in [-0.1, -0.05) is 42.5 Å². The van der Waals surface area contributed by atoms with Gasteiger partial charge in [0.2, 0.25) is 5.91 Å². The van der Waals surface area contributed by atoms with E-state index < -0.39 is 37.1 Å². The van der Waals surface area contributed by atoms with Crippen molar-refractivity contribution >= 4 is 11.9 Å². The van der Waals surface area contributed by atoms with Crippen LogP contribution in [-0.2, 0) is 20.9 Å². The summed E-state index contributed by atoms with van der Waals surface area (Å²) in [6.45, 7) is 1.47. The van der Waals surface area contributed by atoms with Gasteiger partial charge in [0.25, 0.3) is 0 Å². The molecule has 0 bridgehead atoms. The van der Waals surface area contributed by atoms with Crippen LogP contribution in [0.1, 0.15) is 49.3 Å². The predicted octanol–water partition coefficient (Wildman–Crippen LogP) is 5.26. The summed E-state index contributed by atoms with van der Waals surface area (Å²) in [5.74, 6) is -2.31. The number of benzene rings is 2. The van der Waals surface area contributed by atoms with Gasteiger partial charge in [-0.3, -0.25) is 4.79 Å². The third kappa shape index (κ3) is 15.1. The van der Waals surface area contributed by atoms with E-state index in [0.717, 1.165) is 31.5 Å². The van der Waals surface area contributed by atoms with Crippen molar-refractivity contribution < 1.29 is 55.6 Å². The molecule has 2 aromatic carbocycles. The molecule has 0 saturated carbocycles. The fraction of sp³-hybridized carbons (Fsp3) is 0.517. The van der Waals surface area contributed by atoms with Crippen molar-refractivity contribution in [1.82, 2.24) is 10.2 Å². The number of carbonyl (C=O) groups excluding carboxylic acids is 1. The number of nitrogens with zero attached hydrogens (tertiary/aromatic N) is 1. The van der Waals surface area contributed by atoms with Crippen LogP contribution in [0, 0.1) is 0 Å². The Hall–Kier alpha value is -3.36. The summed E-state index contributed by atoms with van der Waals surface area (Å²) in [5, 5.41) is 21.2. The molecule has 1 heterocycles. The minimum atomic E-state index is -5.08. The summed E-state index contributed by atoms with van der Waals surface area (Å²) in [5.41, 5.74) is 1.73. The van der Waals surface area contributed by atoms with Gasteiger partial charge in [0.1, 0.15) is 25.1 Å². The molecule has 1 fully saturated rings.